The number of hydrogen-bond donors (Lipinski definition) is 3. The molecule has 31 heavy (non-hydrogen) atoms. The summed E-state index contributed by atoms with van der Waals surface area (Å²) in [6.07, 6.45) is 1.78. The second-order valence-corrected chi connectivity index (χ2v) is 8.78. The first-order valence-corrected chi connectivity index (χ1v) is 11.3. The van der Waals surface area contributed by atoms with E-state index in [0.717, 1.165) is 19.5 Å². The molecule has 3 N–H and O–H groups in total. The van der Waals surface area contributed by atoms with Gasteiger partial charge in [-0.25, -0.2) is 4.79 Å². The number of nitrogens with zero attached hydrogens (tertiary/aromatic N) is 3. The molecule has 1 atom stereocenters. The summed E-state index contributed by atoms with van der Waals surface area (Å²) in [5, 5.41) is 22.8. The summed E-state index contributed by atoms with van der Waals surface area (Å²) in [5.41, 5.74) is 0.593. The van der Waals surface area contributed by atoms with Crippen molar-refractivity contribution in [2.45, 2.75) is 46.1 Å². The lowest BCUT2D eigenvalue weighted by Crippen LogP contribution is -2.56. The Morgan fingerprint density at radius 3 is 2.42 bits per heavy atom. The normalized spacial score (nSPS) is 15.7. The maximum atomic E-state index is 13.4. The highest BCUT2D eigenvalue weighted by Gasteiger charge is 2.29. The van der Waals surface area contributed by atoms with Crippen LogP contribution in [0.1, 0.15) is 39.2 Å². The fraction of sp³-hybridized carbons (Fsp3) is 0.652. The first kappa shape index (κ1) is 24.8. The second-order valence-electron chi connectivity index (χ2n) is 8.78. The van der Waals surface area contributed by atoms with Crippen LogP contribution >= 0.6 is 0 Å². The van der Waals surface area contributed by atoms with Crippen LogP contribution < -0.4 is 5.32 Å². The molecule has 8 heteroatoms. The van der Waals surface area contributed by atoms with Crippen LogP contribution in [0.3, 0.4) is 0 Å². The largest absolute Gasteiger partial charge is 0.504 e. The van der Waals surface area contributed by atoms with Crippen LogP contribution in [-0.2, 0) is 11.2 Å². The first-order valence-electron chi connectivity index (χ1n) is 11.3. The van der Waals surface area contributed by atoms with E-state index in [1.54, 1.807) is 21.9 Å². The highest BCUT2D eigenvalue weighted by molar-refractivity contribution is 5.87. The van der Waals surface area contributed by atoms with E-state index in [0.29, 0.717) is 44.6 Å². The minimum absolute atomic E-state index is 0.0994. The molecule has 0 radical (unpaired) electrons. The van der Waals surface area contributed by atoms with Crippen LogP contribution in [0.25, 0.3) is 0 Å². The third kappa shape index (κ3) is 7.31. The molecule has 0 aromatic heterocycles. The van der Waals surface area contributed by atoms with E-state index in [2.05, 4.69) is 10.2 Å². The fourth-order valence-electron chi connectivity index (χ4n) is 3.80. The molecule has 1 aliphatic rings. The Bertz CT molecular complexity index is 732. The summed E-state index contributed by atoms with van der Waals surface area (Å²) in [5.74, 6) is -0.158. The number of piperazine rings is 1. The van der Waals surface area contributed by atoms with Crippen molar-refractivity contribution < 1.29 is 19.8 Å². The molecule has 0 aliphatic carbocycles. The van der Waals surface area contributed by atoms with E-state index in [9.17, 15) is 19.8 Å². The summed E-state index contributed by atoms with van der Waals surface area (Å²) in [6, 6.07) is 4.07. The number of phenolic OH excluding ortho intramolecular Hbond substituents is 2. The Morgan fingerprint density at radius 1 is 1.13 bits per heavy atom. The van der Waals surface area contributed by atoms with Gasteiger partial charge in [0.25, 0.3) is 0 Å². The highest BCUT2D eigenvalue weighted by Crippen LogP contribution is 2.28. The fourth-order valence-corrected chi connectivity index (χ4v) is 3.80. The molecular weight excluding hydrogens is 396 g/mol. The summed E-state index contributed by atoms with van der Waals surface area (Å²) in [6.45, 7) is 10.0. The molecular formula is C23H38N4O4. The zero-order chi connectivity index (χ0) is 23.0. The smallest absolute Gasteiger partial charge is 0.318 e. The highest BCUT2D eigenvalue weighted by atomic mass is 16.3. The first-order chi connectivity index (χ1) is 14.7. The van der Waals surface area contributed by atoms with Crippen LogP contribution in [-0.4, -0.2) is 89.2 Å². The van der Waals surface area contributed by atoms with E-state index >= 15 is 0 Å². The van der Waals surface area contributed by atoms with Crippen LogP contribution in [0.2, 0.25) is 0 Å². The predicted molar refractivity (Wildman–Crippen MR) is 121 cm³/mol. The molecule has 1 aromatic rings. The van der Waals surface area contributed by atoms with Gasteiger partial charge in [-0.05, 0) is 43.9 Å². The number of urea groups is 1. The summed E-state index contributed by atoms with van der Waals surface area (Å²) in [4.78, 5) is 31.9. The Kier molecular flexibility index (Phi) is 9.43. The maximum absolute atomic E-state index is 13.4. The van der Waals surface area contributed by atoms with Crippen molar-refractivity contribution in [1.82, 2.24) is 20.0 Å². The summed E-state index contributed by atoms with van der Waals surface area (Å²) < 4.78 is 0. The van der Waals surface area contributed by atoms with Crippen molar-refractivity contribution in [2.75, 3.05) is 46.3 Å². The van der Waals surface area contributed by atoms with Crippen molar-refractivity contribution in [1.29, 1.82) is 0 Å². The van der Waals surface area contributed by atoms with Gasteiger partial charge in [0.15, 0.2) is 11.5 Å². The molecule has 1 heterocycles. The van der Waals surface area contributed by atoms with E-state index in [1.165, 1.54) is 6.07 Å². The molecule has 1 fully saturated rings. The number of amides is 3. The lowest BCUT2D eigenvalue weighted by atomic mass is 10.0. The zero-order valence-corrected chi connectivity index (χ0v) is 19.3. The molecule has 1 saturated heterocycles. The van der Waals surface area contributed by atoms with Gasteiger partial charge >= 0.3 is 6.03 Å². The minimum atomic E-state index is -0.587. The molecule has 0 spiro atoms. The van der Waals surface area contributed by atoms with Crippen molar-refractivity contribution in [3.63, 3.8) is 0 Å². The lowest BCUT2D eigenvalue weighted by Gasteiger charge is -2.34. The Balaban J connectivity index is 2.07. The molecule has 174 valence electrons. The number of benzene rings is 1. The zero-order valence-electron chi connectivity index (χ0n) is 19.3. The van der Waals surface area contributed by atoms with Gasteiger partial charge in [-0.1, -0.05) is 32.9 Å². The van der Waals surface area contributed by atoms with Gasteiger partial charge in [-0.3, -0.25) is 4.79 Å². The van der Waals surface area contributed by atoms with Crippen LogP contribution in [0.4, 0.5) is 4.79 Å². The average molecular weight is 435 g/mol. The second kappa shape index (κ2) is 11.8. The van der Waals surface area contributed by atoms with Crippen molar-refractivity contribution in [2.24, 2.45) is 5.92 Å². The number of likely N-dealkylation sites (N-methyl/N-ethyl adjacent to an activating group) is 1. The molecule has 2 rings (SSSR count). The number of nitrogens with one attached hydrogen (secondary N) is 1. The molecule has 8 nitrogen and oxygen atoms in total. The van der Waals surface area contributed by atoms with Gasteiger partial charge in [0.1, 0.15) is 6.04 Å². The van der Waals surface area contributed by atoms with Crippen LogP contribution in [0.15, 0.2) is 18.2 Å². The van der Waals surface area contributed by atoms with Gasteiger partial charge in [-0.2, -0.15) is 0 Å². The average Bonchev–Trinajstić information content (AvgIpc) is 2.73. The van der Waals surface area contributed by atoms with Crippen molar-refractivity contribution in [3.05, 3.63) is 23.8 Å². The third-order valence-corrected chi connectivity index (χ3v) is 5.65. The predicted octanol–water partition coefficient (Wildman–Crippen LogP) is 2.25. The topological polar surface area (TPSA) is 96.3 Å². The van der Waals surface area contributed by atoms with E-state index < -0.39 is 6.04 Å². The van der Waals surface area contributed by atoms with Crippen molar-refractivity contribution >= 4 is 11.9 Å². The van der Waals surface area contributed by atoms with E-state index in [1.807, 2.05) is 27.8 Å². The summed E-state index contributed by atoms with van der Waals surface area (Å²) >= 11 is 0. The van der Waals surface area contributed by atoms with Gasteiger partial charge in [0.05, 0.1) is 0 Å². The van der Waals surface area contributed by atoms with Crippen LogP contribution in [0.5, 0.6) is 11.5 Å². The molecule has 3 amide bonds. The number of aromatic hydroxyl groups is 2. The molecule has 1 aliphatic heterocycles. The Hall–Kier alpha value is -2.48. The Labute approximate surface area is 185 Å². The SMILES string of the molecule is CCCN(CCc1cccc(O)c1O)C(=O)[C@H](CC(C)C)NC(=O)N1CCN(C)CC1. The van der Waals surface area contributed by atoms with E-state index in [4.69, 9.17) is 0 Å². The van der Waals surface area contributed by atoms with Gasteiger partial charge in [-0.15, -0.1) is 0 Å². The van der Waals surface area contributed by atoms with Gasteiger partial charge in [0, 0.05) is 39.3 Å². The van der Waals surface area contributed by atoms with Gasteiger partial charge < -0.3 is 30.2 Å². The summed E-state index contributed by atoms with van der Waals surface area (Å²) in [7, 11) is 2.03. The number of phenols is 2. The molecule has 0 unspecified atom stereocenters. The molecule has 0 saturated carbocycles. The number of hydrogen-bond acceptors (Lipinski definition) is 5. The minimum Gasteiger partial charge on any atom is -0.504 e. The molecule has 0 bridgehead atoms. The van der Waals surface area contributed by atoms with Gasteiger partial charge in [0.2, 0.25) is 5.91 Å². The lowest BCUT2D eigenvalue weighted by molar-refractivity contribution is -0.133. The number of para-hydroxylation sites is 1. The quantitative estimate of drug-likeness (QED) is 0.518. The monoisotopic (exact) mass is 434 g/mol. The van der Waals surface area contributed by atoms with E-state index in [-0.39, 0.29) is 29.4 Å². The number of carbonyl (C=O) groups excluding carboxylic acids is 2. The number of rotatable bonds is 9. The standard InChI is InChI=1S/C23H38N4O4/c1-5-10-26(11-9-18-7-6-8-20(28)21(18)29)22(30)19(16-17(2)3)24-23(31)27-14-12-25(4)13-15-27/h6-8,17,19,28-29H,5,9-16H2,1-4H3,(H,24,31)/t19-/m0/s1. The third-order valence-electron chi connectivity index (χ3n) is 5.65. The molecule has 1 aromatic carbocycles. The maximum Gasteiger partial charge on any atom is 0.318 e. The van der Waals surface area contributed by atoms with Crippen molar-refractivity contribution in [3.8, 4) is 11.5 Å². The number of carbonyl (C=O) groups is 2. The Morgan fingerprint density at radius 2 is 1.81 bits per heavy atom. The van der Waals surface area contributed by atoms with Crippen LogP contribution in [0, 0.1) is 5.92 Å².